The standard InChI is InChI=1S/C23H36N4O4.HI/c1-22(2,3)31-21(28)27-13-11-26(12-14-27)20(24)25-17-23(9-15-30-16-10-23)18-5-7-19(29-4)8-6-18;/h5-8H,9-17H2,1-4H3,(H2,24,25);1H. The number of amides is 1. The van der Waals surface area contributed by atoms with Gasteiger partial charge in [0.2, 0.25) is 0 Å². The number of halogens is 1. The summed E-state index contributed by atoms with van der Waals surface area (Å²) in [5.74, 6) is 1.38. The molecule has 2 aliphatic rings. The van der Waals surface area contributed by atoms with Crippen LogP contribution in [0.2, 0.25) is 0 Å². The third-order valence-corrected chi connectivity index (χ3v) is 5.95. The number of piperazine rings is 1. The van der Waals surface area contributed by atoms with Gasteiger partial charge in [0.05, 0.1) is 13.7 Å². The highest BCUT2D eigenvalue weighted by molar-refractivity contribution is 14.0. The van der Waals surface area contributed by atoms with E-state index in [2.05, 4.69) is 12.1 Å². The zero-order chi connectivity index (χ0) is 22.5. The molecule has 0 saturated carbocycles. The van der Waals surface area contributed by atoms with Crippen molar-refractivity contribution in [2.45, 2.75) is 44.6 Å². The van der Waals surface area contributed by atoms with Gasteiger partial charge in [-0.3, -0.25) is 4.99 Å². The fourth-order valence-corrected chi connectivity index (χ4v) is 4.02. The number of methoxy groups -OCH3 is 1. The molecule has 1 amide bonds. The van der Waals surface area contributed by atoms with E-state index in [4.69, 9.17) is 24.9 Å². The largest absolute Gasteiger partial charge is 0.497 e. The summed E-state index contributed by atoms with van der Waals surface area (Å²) in [6, 6.07) is 8.23. The third-order valence-electron chi connectivity index (χ3n) is 5.95. The Bertz CT molecular complexity index is 765. The molecule has 0 radical (unpaired) electrons. The first-order chi connectivity index (χ1) is 14.7. The van der Waals surface area contributed by atoms with Crippen molar-refractivity contribution >= 4 is 36.0 Å². The Morgan fingerprint density at radius 3 is 2.19 bits per heavy atom. The van der Waals surface area contributed by atoms with Gasteiger partial charge in [-0.2, -0.15) is 0 Å². The predicted octanol–water partition coefficient (Wildman–Crippen LogP) is 3.23. The Morgan fingerprint density at radius 1 is 1.09 bits per heavy atom. The maximum atomic E-state index is 12.3. The van der Waals surface area contributed by atoms with E-state index in [0.29, 0.717) is 38.7 Å². The average molecular weight is 560 g/mol. The summed E-state index contributed by atoms with van der Waals surface area (Å²) in [5, 5.41) is 0. The number of nitrogens with two attached hydrogens (primary N) is 1. The Kier molecular flexibility index (Phi) is 9.44. The topological polar surface area (TPSA) is 89.6 Å². The van der Waals surface area contributed by atoms with Crippen LogP contribution in [0.4, 0.5) is 4.79 Å². The van der Waals surface area contributed by atoms with E-state index < -0.39 is 5.60 Å². The van der Waals surface area contributed by atoms with Gasteiger partial charge in [-0.25, -0.2) is 4.79 Å². The smallest absolute Gasteiger partial charge is 0.410 e. The summed E-state index contributed by atoms with van der Waals surface area (Å²) in [5.41, 5.74) is 7.02. The van der Waals surface area contributed by atoms with Crippen LogP contribution in [0.5, 0.6) is 5.75 Å². The van der Waals surface area contributed by atoms with E-state index in [0.717, 1.165) is 31.8 Å². The van der Waals surface area contributed by atoms with Gasteiger partial charge < -0.3 is 29.7 Å². The molecule has 2 saturated heterocycles. The van der Waals surface area contributed by atoms with Crippen LogP contribution >= 0.6 is 24.0 Å². The number of ether oxygens (including phenoxy) is 3. The van der Waals surface area contributed by atoms with Gasteiger partial charge in [0, 0.05) is 44.8 Å². The molecule has 2 heterocycles. The monoisotopic (exact) mass is 560 g/mol. The highest BCUT2D eigenvalue weighted by Crippen LogP contribution is 2.36. The zero-order valence-corrected chi connectivity index (χ0v) is 22.0. The maximum Gasteiger partial charge on any atom is 0.410 e. The number of guanidine groups is 1. The van der Waals surface area contributed by atoms with E-state index in [-0.39, 0.29) is 35.5 Å². The predicted molar refractivity (Wildman–Crippen MR) is 136 cm³/mol. The summed E-state index contributed by atoms with van der Waals surface area (Å²) in [4.78, 5) is 20.8. The molecule has 2 N–H and O–H groups in total. The Morgan fingerprint density at radius 2 is 1.66 bits per heavy atom. The van der Waals surface area contributed by atoms with E-state index in [1.54, 1.807) is 12.0 Å². The molecular weight excluding hydrogens is 523 g/mol. The van der Waals surface area contributed by atoms with Crippen molar-refractivity contribution in [3.05, 3.63) is 29.8 Å². The molecule has 0 bridgehead atoms. The van der Waals surface area contributed by atoms with Crippen LogP contribution in [-0.4, -0.2) is 80.5 Å². The van der Waals surface area contributed by atoms with Gasteiger partial charge in [-0.15, -0.1) is 24.0 Å². The van der Waals surface area contributed by atoms with Crippen molar-refractivity contribution in [3.63, 3.8) is 0 Å². The fraction of sp³-hybridized carbons (Fsp3) is 0.652. The minimum Gasteiger partial charge on any atom is -0.497 e. The van der Waals surface area contributed by atoms with Gasteiger partial charge in [-0.05, 0) is 51.3 Å². The van der Waals surface area contributed by atoms with Gasteiger partial charge in [-0.1, -0.05) is 12.1 Å². The highest BCUT2D eigenvalue weighted by Gasteiger charge is 2.35. The molecular formula is C23H37IN4O4. The normalized spacial score (nSPS) is 19.2. The average Bonchev–Trinajstić information content (AvgIpc) is 2.77. The molecule has 9 heteroatoms. The number of hydrogen-bond donors (Lipinski definition) is 1. The van der Waals surface area contributed by atoms with Crippen molar-refractivity contribution in [1.82, 2.24) is 9.80 Å². The molecule has 3 rings (SSSR count). The first-order valence-corrected chi connectivity index (χ1v) is 11.0. The molecule has 32 heavy (non-hydrogen) atoms. The molecule has 0 aliphatic carbocycles. The van der Waals surface area contributed by atoms with Gasteiger partial charge in [0.1, 0.15) is 11.4 Å². The minimum absolute atomic E-state index is 0. The van der Waals surface area contributed by atoms with E-state index in [1.165, 1.54) is 5.56 Å². The Balaban J connectivity index is 0.00000363. The highest BCUT2D eigenvalue weighted by atomic mass is 127. The van der Waals surface area contributed by atoms with Crippen molar-refractivity contribution in [2.75, 3.05) is 53.0 Å². The summed E-state index contributed by atoms with van der Waals surface area (Å²) in [6.07, 6.45) is 1.54. The number of carbonyl (C=O) groups is 1. The van der Waals surface area contributed by atoms with Crippen molar-refractivity contribution < 1.29 is 19.0 Å². The first-order valence-electron chi connectivity index (χ1n) is 11.0. The summed E-state index contributed by atoms with van der Waals surface area (Å²) in [7, 11) is 1.67. The summed E-state index contributed by atoms with van der Waals surface area (Å²) < 4.78 is 16.4. The lowest BCUT2D eigenvalue weighted by Crippen LogP contribution is -2.53. The molecule has 2 aliphatic heterocycles. The molecule has 2 fully saturated rings. The molecule has 8 nitrogen and oxygen atoms in total. The molecule has 0 spiro atoms. The second-order valence-corrected chi connectivity index (χ2v) is 9.25. The quantitative estimate of drug-likeness (QED) is 0.346. The number of benzene rings is 1. The van der Waals surface area contributed by atoms with E-state index in [1.807, 2.05) is 37.8 Å². The van der Waals surface area contributed by atoms with Crippen molar-refractivity contribution in [1.29, 1.82) is 0 Å². The molecule has 180 valence electrons. The van der Waals surface area contributed by atoms with Crippen LogP contribution in [0.1, 0.15) is 39.2 Å². The molecule has 0 atom stereocenters. The van der Waals surface area contributed by atoms with Gasteiger partial charge in [0.25, 0.3) is 0 Å². The van der Waals surface area contributed by atoms with Crippen molar-refractivity contribution in [2.24, 2.45) is 10.7 Å². The number of rotatable bonds is 4. The molecule has 0 aromatic heterocycles. The number of aliphatic imine (C=N–C) groups is 1. The number of hydrogen-bond acceptors (Lipinski definition) is 5. The van der Waals surface area contributed by atoms with Crippen LogP contribution in [0.25, 0.3) is 0 Å². The molecule has 1 aromatic carbocycles. The lowest BCUT2D eigenvalue weighted by atomic mass is 9.74. The second-order valence-electron chi connectivity index (χ2n) is 9.25. The molecule has 1 aromatic rings. The van der Waals surface area contributed by atoms with Crippen molar-refractivity contribution in [3.8, 4) is 5.75 Å². The lowest BCUT2D eigenvalue weighted by Gasteiger charge is -2.38. The third kappa shape index (κ3) is 6.87. The fourth-order valence-electron chi connectivity index (χ4n) is 4.02. The zero-order valence-electron chi connectivity index (χ0n) is 19.6. The van der Waals surface area contributed by atoms with Gasteiger partial charge in [0.15, 0.2) is 5.96 Å². The number of carbonyl (C=O) groups excluding carboxylic acids is 1. The van der Waals surface area contributed by atoms with E-state index in [9.17, 15) is 4.79 Å². The number of nitrogens with zero attached hydrogens (tertiary/aromatic N) is 3. The van der Waals surface area contributed by atoms with Crippen LogP contribution in [-0.2, 0) is 14.9 Å². The Labute approximate surface area is 208 Å². The lowest BCUT2D eigenvalue weighted by molar-refractivity contribution is 0.0186. The van der Waals surface area contributed by atoms with Crippen LogP contribution in [0.15, 0.2) is 29.3 Å². The molecule has 0 unspecified atom stereocenters. The SMILES string of the molecule is COc1ccc(C2(CN=C(N)N3CCN(C(=O)OC(C)(C)C)CC3)CCOCC2)cc1.I. The van der Waals surface area contributed by atoms with Crippen LogP contribution in [0.3, 0.4) is 0 Å². The van der Waals surface area contributed by atoms with Crippen LogP contribution in [0, 0.1) is 0 Å². The Hall–Kier alpha value is -1.75. The first kappa shape index (κ1) is 26.5. The van der Waals surface area contributed by atoms with Crippen LogP contribution < -0.4 is 10.5 Å². The van der Waals surface area contributed by atoms with Gasteiger partial charge >= 0.3 is 6.09 Å². The summed E-state index contributed by atoms with van der Waals surface area (Å²) >= 11 is 0. The summed E-state index contributed by atoms with van der Waals surface area (Å²) in [6.45, 7) is 10.1. The van der Waals surface area contributed by atoms with E-state index >= 15 is 0 Å². The minimum atomic E-state index is -0.492. The maximum absolute atomic E-state index is 12.3. The second kappa shape index (κ2) is 11.4.